The minimum absolute atomic E-state index is 0.0627. The average Bonchev–Trinajstić information content (AvgIpc) is 2.54. The molecule has 0 unspecified atom stereocenters. The van der Waals surface area contributed by atoms with Gasteiger partial charge in [-0.3, -0.25) is 4.79 Å². The van der Waals surface area contributed by atoms with Crippen molar-refractivity contribution in [2.75, 3.05) is 6.61 Å². The molecular formula is C17H15BrN2O2. The zero-order valence-electron chi connectivity index (χ0n) is 12.0. The van der Waals surface area contributed by atoms with Gasteiger partial charge in [-0.05, 0) is 48.9 Å². The third kappa shape index (κ3) is 4.61. The van der Waals surface area contributed by atoms with E-state index in [2.05, 4.69) is 21.2 Å². The second kappa shape index (κ2) is 7.62. The summed E-state index contributed by atoms with van der Waals surface area (Å²) >= 11 is 3.38. The third-order valence-corrected chi connectivity index (χ3v) is 3.63. The molecule has 0 spiro atoms. The second-order valence-corrected chi connectivity index (χ2v) is 5.68. The summed E-state index contributed by atoms with van der Waals surface area (Å²) in [5, 5.41) is 11.6. The predicted molar refractivity (Wildman–Crippen MR) is 87.4 cm³/mol. The quantitative estimate of drug-likeness (QED) is 0.888. The molecule has 2 aromatic rings. The standard InChI is InChI=1S/C17H15BrN2O2/c1-12(14-4-6-15(18)7-5-14)20-17(21)11-22-16-8-2-13(10-19)3-9-16/h2-9,12H,11H2,1H3,(H,20,21)/t12-/m0/s1. The fraction of sp³-hybridized carbons (Fsp3) is 0.176. The van der Waals surface area contributed by atoms with E-state index in [1.165, 1.54) is 0 Å². The molecule has 0 radical (unpaired) electrons. The first-order valence-corrected chi connectivity index (χ1v) is 7.55. The lowest BCUT2D eigenvalue weighted by molar-refractivity contribution is -0.123. The zero-order chi connectivity index (χ0) is 15.9. The van der Waals surface area contributed by atoms with E-state index in [0.717, 1.165) is 10.0 Å². The molecule has 112 valence electrons. The van der Waals surface area contributed by atoms with Gasteiger partial charge in [-0.25, -0.2) is 0 Å². The number of nitrogens with one attached hydrogen (secondary N) is 1. The van der Waals surface area contributed by atoms with Crippen LogP contribution in [0.25, 0.3) is 0 Å². The van der Waals surface area contributed by atoms with E-state index in [1.807, 2.05) is 37.3 Å². The highest BCUT2D eigenvalue weighted by molar-refractivity contribution is 9.10. The van der Waals surface area contributed by atoms with Crippen LogP contribution in [0, 0.1) is 11.3 Å². The Morgan fingerprint density at radius 3 is 2.45 bits per heavy atom. The molecule has 0 bridgehead atoms. The number of nitrogens with zero attached hydrogens (tertiary/aromatic N) is 1. The molecule has 0 heterocycles. The van der Waals surface area contributed by atoms with Crippen LogP contribution >= 0.6 is 15.9 Å². The van der Waals surface area contributed by atoms with Crippen LogP contribution in [0.1, 0.15) is 24.1 Å². The largest absolute Gasteiger partial charge is 0.484 e. The monoisotopic (exact) mass is 358 g/mol. The highest BCUT2D eigenvalue weighted by Gasteiger charge is 2.10. The summed E-state index contributed by atoms with van der Waals surface area (Å²) < 4.78 is 6.39. The van der Waals surface area contributed by atoms with Crippen LogP contribution in [-0.4, -0.2) is 12.5 Å². The van der Waals surface area contributed by atoms with Crippen molar-refractivity contribution in [1.29, 1.82) is 5.26 Å². The van der Waals surface area contributed by atoms with Crippen molar-refractivity contribution < 1.29 is 9.53 Å². The van der Waals surface area contributed by atoms with Crippen LogP contribution in [0.15, 0.2) is 53.0 Å². The van der Waals surface area contributed by atoms with Crippen molar-refractivity contribution in [3.05, 3.63) is 64.1 Å². The number of halogens is 1. The van der Waals surface area contributed by atoms with Crippen LogP contribution in [0.4, 0.5) is 0 Å². The van der Waals surface area contributed by atoms with E-state index < -0.39 is 0 Å². The first kappa shape index (κ1) is 16.1. The van der Waals surface area contributed by atoms with E-state index in [-0.39, 0.29) is 18.6 Å². The lowest BCUT2D eigenvalue weighted by Gasteiger charge is -2.15. The molecule has 4 nitrogen and oxygen atoms in total. The number of hydrogen-bond acceptors (Lipinski definition) is 3. The van der Waals surface area contributed by atoms with Crippen LogP contribution in [0.3, 0.4) is 0 Å². The van der Waals surface area contributed by atoms with Gasteiger partial charge < -0.3 is 10.1 Å². The van der Waals surface area contributed by atoms with Crippen molar-refractivity contribution >= 4 is 21.8 Å². The summed E-state index contributed by atoms with van der Waals surface area (Å²) in [6.45, 7) is 1.86. The van der Waals surface area contributed by atoms with Crippen molar-refractivity contribution in [2.24, 2.45) is 0 Å². The number of carbonyl (C=O) groups is 1. The summed E-state index contributed by atoms with van der Waals surface area (Å²) in [6.07, 6.45) is 0. The van der Waals surface area contributed by atoms with E-state index in [0.29, 0.717) is 11.3 Å². The number of rotatable bonds is 5. The fourth-order valence-corrected chi connectivity index (χ4v) is 2.16. The number of hydrogen-bond donors (Lipinski definition) is 1. The van der Waals surface area contributed by atoms with E-state index in [9.17, 15) is 4.79 Å². The van der Waals surface area contributed by atoms with Crippen molar-refractivity contribution in [1.82, 2.24) is 5.32 Å². The SMILES string of the molecule is C[C@H](NC(=O)COc1ccc(C#N)cc1)c1ccc(Br)cc1. The molecule has 1 atom stereocenters. The molecule has 1 N–H and O–H groups in total. The van der Waals surface area contributed by atoms with Gasteiger partial charge in [-0.1, -0.05) is 28.1 Å². The molecule has 0 aliphatic carbocycles. The summed E-state index contributed by atoms with van der Waals surface area (Å²) in [4.78, 5) is 11.9. The zero-order valence-corrected chi connectivity index (χ0v) is 13.6. The Hall–Kier alpha value is -2.32. The van der Waals surface area contributed by atoms with Gasteiger partial charge in [0.15, 0.2) is 6.61 Å². The Balaban J connectivity index is 1.84. The molecule has 22 heavy (non-hydrogen) atoms. The average molecular weight is 359 g/mol. The van der Waals surface area contributed by atoms with Crippen LogP contribution in [-0.2, 0) is 4.79 Å². The van der Waals surface area contributed by atoms with E-state index in [1.54, 1.807) is 24.3 Å². The molecule has 0 aliphatic heterocycles. The summed E-state index contributed by atoms with van der Waals surface area (Å²) in [5.74, 6) is 0.366. The van der Waals surface area contributed by atoms with E-state index in [4.69, 9.17) is 10.00 Å². The molecule has 2 aromatic carbocycles. The molecule has 2 rings (SSSR count). The molecule has 0 saturated carbocycles. The van der Waals surface area contributed by atoms with Gasteiger partial charge in [0.1, 0.15) is 5.75 Å². The van der Waals surface area contributed by atoms with E-state index >= 15 is 0 Å². The fourth-order valence-electron chi connectivity index (χ4n) is 1.89. The molecule has 1 amide bonds. The minimum atomic E-state index is -0.195. The number of carbonyl (C=O) groups excluding carboxylic acids is 1. The van der Waals surface area contributed by atoms with Gasteiger partial charge in [0, 0.05) is 4.47 Å². The second-order valence-electron chi connectivity index (χ2n) is 4.77. The summed E-state index contributed by atoms with van der Waals surface area (Å²) in [5.41, 5.74) is 1.58. The summed E-state index contributed by atoms with van der Waals surface area (Å²) in [6, 6.07) is 16.4. The minimum Gasteiger partial charge on any atom is -0.484 e. The summed E-state index contributed by atoms with van der Waals surface area (Å²) in [7, 11) is 0. The number of ether oxygens (including phenoxy) is 1. The van der Waals surface area contributed by atoms with Gasteiger partial charge >= 0.3 is 0 Å². The van der Waals surface area contributed by atoms with Crippen LogP contribution < -0.4 is 10.1 Å². The Bertz CT molecular complexity index is 675. The van der Waals surface area contributed by atoms with Gasteiger partial charge in [-0.2, -0.15) is 5.26 Å². The Morgan fingerprint density at radius 2 is 1.86 bits per heavy atom. The van der Waals surface area contributed by atoms with Gasteiger partial charge in [0.05, 0.1) is 17.7 Å². The Kier molecular flexibility index (Phi) is 5.56. The Morgan fingerprint density at radius 1 is 1.23 bits per heavy atom. The first-order valence-electron chi connectivity index (χ1n) is 6.76. The van der Waals surface area contributed by atoms with Crippen molar-refractivity contribution in [3.63, 3.8) is 0 Å². The highest BCUT2D eigenvalue weighted by atomic mass is 79.9. The normalized spacial score (nSPS) is 11.3. The molecule has 0 fully saturated rings. The molecule has 0 aromatic heterocycles. The lowest BCUT2D eigenvalue weighted by Crippen LogP contribution is -2.31. The molecular weight excluding hydrogens is 344 g/mol. The molecule has 0 saturated heterocycles. The predicted octanol–water partition coefficient (Wildman–Crippen LogP) is 3.58. The Labute approximate surface area is 137 Å². The molecule has 5 heteroatoms. The van der Waals surface area contributed by atoms with Crippen LogP contribution in [0.2, 0.25) is 0 Å². The maximum atomic E-state index is 11.9. The van der Waals surface area contributed by atoms with Crippen LogP contribution in [0.5, 0.6) is 5.75 Å². The molecule has 0 aliphatic rings. The topological polar surface area (TPSA) is 62.1 Å². The first-order chi connectivity index (χ1) is 10.6. The van der Waals surface area contributed by atoms with Gasteiger partial charge in [0.2, 0.25) is 0 Å². The number of nitriles is 1. The highest BCUT2D eigenvalue weighted by Crippen LogP contribution is 2.16. The van der Waals surface area contributed by atoms with Crippen molar-refractivity contribution in [2.45, 2.75) is 13.0 Å². The maximum absolute atomic E-state index is 11.9. The smallest absolute Gasteiger partial charge is 0.258 e. The lowest BCUT2D eigenvalue weighted by atomic mass is 10.1. The number of benzene rings is 2. The van der Waals surface area contributed by atoms with Gasteiger partial charge in [0.25, 0.3) is 5.91 Å². The van der Waals surface area contributed by atoms with Gasteiger partial charge in [-0.15, -0.1) is 0 Å². The maximum Gasteiger partial charge on any atom is 0.258 e. The number of amides is 1. The van der Waals surface area contributed by atoms with Crippen molar-refractivity contribution in [3.8, 4) is 11.8 Å². The third-order valence-electron chi connectivity index (χ3n) is 3.10.